The Labute approximate surface area is 153 Å². The Hall–Kier alpha value is -2.67. The van der Waals surface area contributed by atoms with Crippen LogP contribution in [0, 0.1) is 0 Å². The number of hydrogen-bond donors (Lipinski definition) is 1. The molecule has 0 heterocycles. The first kappa shape index (κ1) is 19.7. The average Bonchev–Trinajstić information content (AvgIpc) is 2.60. The standard InChI is InChI=1S/C19H21NO5S/c1-4-14-9-10-16(11-17(14)26(3,24)25)18(21)20(2)12-13-5-7-15(8-6-13)19(22)23/h5-11H,4,12H2,1-3H3,(H,22,23). The number of nitrogens with zero attached hydrogens (tertiary/aromatic N) is 1. The molecule has 7 heteroatoms. The fraction of sp³-hybridized carbons (Fsp3) is 0.263. The van der Waals surface area contributed by atoms with Gasteiger partial charge in [-0.2, -0.15) is 0 Å². The van der Waals surface area contributed by atoms with Crippen LogP contribution in [0.2, 0.25) is 0 Å². The van der Waals surface area contributed by atoms with Gasteiger partial charge in [0.25, 0.3) is 5.91 Å². The zero-order valence-corrected chi connectivity index (χ0v) is 15.7. The van der Waals surface area contributed by atoms with Crippen molar-refractivity contribution in [3.63, 3.8) is 0 Å². The topological polar surface area (TPSA) is 91.8 Å². The van der Waals surface area contributed by atoms with Gasteiger partial charge in [-0.25, -0.2) is 13.2 Å². The molecule has 0 radical (unpaired) electrons. The SMILES string of the molecule is CCc1ccc(C(=O)N(C)Cc2ccc(C(=O)O)cc2)cc1S(C)(=O)=O. The van der Waals surface area contributed by atoms with E-state index in [0.29, 0.717) is 17.5 Å². The van der Waals surface area contributed by atoms with Crippen molar-refractivity contribution in [1.82, 2.24) is 4.90 Å². The summed E-state index contributed by atoms with van der Waals surface area (Å²) in [5, 5.41) is 8.92. The number of hydrogen-bond acceptors (Lipinski definition) is 4. The predicted octanol–water partition coefficient (Wildman–Crippen LogP) is 2.62. The fourth-order valence-corrected chi connectivity index (χ4v) is 3.67. The zero-order valence-electron chi connectivity index (χ0n) is 14.9. The second kappa shape index (κ2) is 7.70. The van der Waals surface area contributed by atoms with E-state index in [9.17, 15) is 18.0 Å². The lowest BCUT2D eigenvalue weighted by atomic mass is 10.1. The van der Waals surface area contributed by atoms with Gasteiger partial charge in [0.2, 0.25) is 0 Å². The minimum atomic E-state index is -3.43. The van der Waals surface area contributed by atoms with Crippen LogP contribution in [0.25, 0.3) is 0 Å². The maximum Gasteiger partial charge on any atom is 0.335 e. The summed E-state index contributed by atoms with van der Waals surface area (Å²) in [4.78, 5) is 25.2. The van der Waals surface area contributed by atoms with Gasteiger partial charge in [-0.3, -0.25) is 4.79 Å². The summed E-state index contributed by atoms with van der Waals surface area (Å²) in [6, 6.07) is 11.0. The number of amides is 1. The highest BCUT2D eigenvalue weighted by atomic mass is 32.2. The van der Waals surface area contributed by atoms with Crippen LogP contribution in [0.4, 0.5) is 0 Å². The molecule has 0 unspecified atom stereocenters. The molecule has 0 saturated heterocycles. The molecule has 138 valence electrons. The van der Waals surface area contributed by atoms with Crippen molar-refractivity contribution < 1.29 is 23.1 Å². The van der Waals surface area contributed by atoms with Gasteiger partial charge >= 0.3 is 5.97 Å². The van der Waals surface area contributed by atoms with Crippen LogP contribution in [-0.2, 0) is 22.8 Å². The largest absolute Gasteiger partial charge is 0.478 e. The van der Waals surface area contributed by atoms with Crippen LogP contribution >= 0.6 is 0 Å². The van der Waals surface area contributed by atoms with Crippen molar-refractivity contribution in [1.29, 1.82) is 0 Å². The summed E-state index contributed by atoms with van der Waals surface area (Å²) in [6.45, 7) is 2.14. The molecular formula is C19H21NO5S. The van der Waals surface area contributed by atoms with Crippen LogP contribution in [0.5, 0.6) is 0 Å². The van der Waals surface area contributed by atoms with Crippen LogP contribution < -0.4 is 0 Å². The number of carboxylic acids is 1. The zero-order chi connectivity index (χ0) is 19.5. The molecule has 1 N–H and O–H groups in total. The van der Waals surface area contributed by atoms with Gasteiger partial charge in [0.05, 0.1) is 10.5 Å². The lowest BCUT2D eigenvalue weighted by molar-refractivity contribution is 0.0695. The number of carboxylic acid groups (broad SMARTS) is 1. The monoisotopic (exact) mass is 375 g/mol. The normalized spacial score (nSPS) is 11.2. The maximum atomic E-state index is 12.6. The first-order chi connectivity index (χ1) is 12.1. The number of carbonyl (C=O) groups is 2. The molecule has 0 aliphatic carbocycles. The van der Waals surface area contributed by atoms with Crippen LogP contribution in [0.15, 0.2) is 47.4 Å². The highest BCUT2D eigenvalue weighted by Crippen LogP contribution is 2.20. The van der Waals surface area contributed by atoms with Gasteiger partial charge in [-0.1, -0.05) is 25.1 Å². The molecule has 2 rings (SSSR count). The lowest BCUT2D eigenvalue weighted by Gasteiger charge is -2.18. The lowest BCUT2D eigenvalue weighted by Crippen LogP contribution is -2.26. The molecular weight excluding hydrogens is 354 g/mol. The molecule has 0 spiro atoms. The number of carbonyl (C=O) groups excluding carboxylic acids is 1. The third kappa shape index (κ3) is 4.49. The van der Waals surface area contributed by atoms with Crippen molar-refractivity contribution >= 4 is 21.7 Å². The molecule has 6 nitrogen and oxygen atoms in total. The van der Waals surface area contributed by atoms with E-state index in [0.717, 1.165) is 11.8 Å². The third-order valence-electron chi connectivity index (χ3n) is 4.06. The molecule has 26 heavy (non-hydrogen) atoms. The Morgan fingerprint density at radius 1 is 1.04 bits per heavy atom. The van der Waals surface area contributed by atoms with E-state index in [-0.39, 0.29) is 22.9 Å². The number of benzene rings is 2. The van der Waals surface area contributed by atoms with Gasteiger partial charge in [-0.05, 0) is 41.8 Å². The molecule has 0 aromatic heterocycles. The molecule has 2 aromatic carbocycles. The summed E-state index contributed by atoms with van der Waals surface area (Å²) in [6.07, 6.45) is 1.69. The van der Waals surface area contributed by atoms with Crippen molar-refractivity contribution in [2.75, 3.05) is 13.3 Å². The van der Waals surface area contributed by atoms with E-state index in [1.807, 2.05) is 6.92 Å². The number of sulfone groups is 1. The summed E-state index contributed by atoms with van der Waals surface area (Å²) in [5.41, 5.74) is 1.93. The summed E-state index contributed by atoms with van der Waals surface area (Å²) in [5.74, 6) is -1.31. The van der Waals surface area contributed by atoms with Gasteiger partial charge in [0.1, 0.15) is 0 Å². The smallest absolute Gasteiger partial charge is 0.335 e. The molecule has 1 amide bonds. The summed E-state index contributed by atoms with van der Waals surface area (Å²) >= 11 is 0. The summed E-state index contributed by atoms with van der Waals surface area (Å²) < 4.78 is 23.9. The summed E-state index contributed by atoms with van der Waals surface area (Å²) in [7, 11) is -1.81. The number of aryl methyl sites for hydroxylation is 1. The van der Waals surface area contributed by atoms with Crippen molar-refractivity contribution in [2.24, 2.45) is 0 Å². The Bertz CT molecular complexity index is 933. The minimum absolute atomic E-state index is 0.171. The van der Waals surface area contributed by atoms with E-state index >= 15 is 0 Å². The molecule has 0 aliphatic heterocycles. The van der Waals surface area contributed by atoms with Gasteiger partial charge in [0.15, 0.2) is 9.84 Å². The second-order valence-electron chi connectivity index (χ2n) is 6.11. The average molecular weight is 375 g/mol. The van der Waals surface area contributed by atoms with Crippen molar-refractivity contribution in [3.8, 4) is 0 Å². The molecule has 0 atom stereocenters. The van der Waals surface area contributed by atoms with E-state index in [4.69, 9.17) is 5.11 Å². The van der Waals surface area contributed by atoms with Crippen LogP contribution in [-0.4, -0.2) is 43.6 Å². The van der Waals surface area contributed by atoms with E-state index in [2.05, 4.69) is 0 Å². The van der Waals surface area contributed by atoms with Crippen LogP contribution in [0.3, 0.4) is 0 Å². The highest BCUT2D eigenvalue weighted by Gasteiger charge is 2.18. The van der Waals surface area contributed by atoms with Crippen molar-refractivity contribution in [3.05, 3.63) is 64.7 Å². The molecule has 0 fully saturated rings. The van der Waals surface area contributed by atoms with Crippen LogP contribution in [0.1, 0.15) is 38.8 Å². The minimum Gasteiger partial charge on any atom is -0.478 e. The first-order valence-electron chi connectivity index (χ1n) is 8.04. The highest BCUT2D eigenvalue weighted by molar-refractivity contribution is 7.90. The second-order valence-corrected chi connectivity index (χ2v) is 8.10. The quantitative estimate of drug-likeness (QED) is 0.838. The van der Waals surface area contributed by atoms with Gasteiger partial charge < -0.3 is 10.0 Å². The number of rotatable bonds is 6. The Morgan fingerprint density at radius 2 is 1.62 bits per heavy atom. The fourth-order valence-electron chi connectivity index (χ4n) is 2.64. The van der Waals surface area contributed by atoms with E-state index < -0.39 is 15.8 Å². The molecule has 2 aromatic rings. The predicted molar refractivity (Wildman–Crippen MR) is 98.1 cm³/mol. The Morgan fingerprint density at radius 3 is 2.12 bits per heavy atom. The third-order valence-corrected chi connectivity index (χ3v) is 5.24. The number of aromatic carboxylic acids is 1. The van der Waals surface area contributed by atoms with Gasteiger partial charge in [0, 0.05) is 25.4 Å². The molecule has 0 aliphatic rings. The Kier molecular flexibility index (Phi) is 5.82. The van der Waals surface area contributed by atoms with E-state index in [1.165, 1.54) is 23.1 Å². The van der Waals surface area contributed by atoms with E-state index in [1.54, 1.807) is 31.3 Å². The van der Waals surface area contributed by atoms with Crippen molar-refractivity contribution in [2.45, 2.75) is 24.8 Å². The Balaban J connectivity index is 2.24. The first-order valence-corrected chi connectivity index (χ1v) is 9.93. The van der Waals surface area contributed by atoms with Gasteiger partial charge in [-0.15, -0.1) is 0 Å². The molecule has 0 bridgehead atoms. The molecule has 0 saturated carbocycles. The maximum absolute atomic E-state index is 12.6.